The van der Waals surface area contributed by atoms with Crippen LogP contribution in [0.3, 0.4) is 0 Å². The highest BCUT2D eigenvalue weighted by molar-refractivity contribution is 9.10. The fraction of sp³-hybridized carbons (Fsp3) is 0.500. The van der Waals surface area contributed by atoms with Crippen LogP contribution in [0, 0.1) is 5.92 Å². The molecule has 4 heterocycles. The number of ether oxygens (including phenoxy) is 1. The topological polar surface area (TPSA) is 122 Å². The molecule has 2 aliphatic rings. The Kier molecular flexibility index (Phi) is 8.77. The predicted molar refractivity (Wildman–Crippen MR) is 158 cm³/mol. The quantitative estimate of drug-likeness (QED) is 0.299. The Balaban J connectivity index is 1.24. The van der Waals surface area contributed by atoms with Gasteiger partial charge < -0.3 is 25.4 Å². The fourth-order valence-corrected chi connectivity index (χ4v) is 6.49. The molecule has 12 heteroatoms. The summed E-state index contributed by atoms with van der Waals surface area (Å²) in [5.74, 6) is 0.499. The number of halogens is 1. The maximum Gasteiger partial charge on any atom is 0.262 e. The molecule has 0 spiro atoms. The number of pyridine rings is 1. The van der Waals surface area contributed by atoms with E-state index in [4.69, 9.17) is 4.74 Å². The second kappa shape index (κ2) is 12.3. The molecule has 1 aliphatic carbocycles. The normalized spacial score (nSPS) is 16.4. The molecule has 0 aromatic carbocycles. The summed E-state index contributed by atoms with van der Waals surface area (Å²) in [6.07, 6.45) is 10.0. The van der Waals surface area contributed by atoms with E-state index in [1.165, 1.54) is 11.3 Å². The standard InChI is InChI=1S/C28H35BrN6O4S/c1-28(2,38)17-35-15-20(14-31-35)32-25(36)22(11-18-5-3-4-6-18)33-26(37)24-8-7-21(40-24)16-34-9-10-39-27-23(34)12-19(29)13-30-27/h7-8,12-15,18,22,38H,3-6,9-11,16-17H2,1-2H3,(H,32,36)(H,33,37). The number of aromatic nitrogens is 3. The minimum absolute atomic E-state index is 0.251. The Morgan fingerprint density at radius 3 is 2.85 bits per heavy atom. The maximum atomic E-state index is 13.3. The molecule has 1 atom stereocenters. The number of anilines is 2. The van der Waals surface area contributed by atoms with Gasteiger partial charge in [-0.05, 0) is 60.3 Å². The molecule has 1 fully saturated rings. The molecule has 5 rings (SSSR count). The molecule has 10 nitrogen and oxygen atoms in total. The number of rotatable bonds is 10. The predicted octanol–water partition coefficient (Wildman–Crippen LogP) is 4.59. The Morgan fingerprint density at radius 1 is 1.27 bits per heavy atom. The Morgan fingerprint density at radius 2 is 2.08 bits per heavy atom. The first-order chi connectivity index (χ1) is 19.1. The molecule has 3 aromatic rings. The minimum Gasteiger partial charge on any atom is -0.474 e. The van der Waals surface area contributed by atoms with E-state index < -0.39 is 11.6 Å². The van der Waals surface area contributed by atoms with E-state index in [0.717, 1.165) is 47.3 Å². The highest BCUT2D eigenvalue weighted by atomic mass is 79.9. The smallest absolute Gasteiger partial charge is 0.262 e. The second-order valence-corrected chi connectivity index (χ2v) is 13.2. The third kappa shape index (κ3) is 7.41. The van der Waals surface area contributed by atoms with Gasteiger partial charge in [-0.1, -0.05) is 25.7 Å². The molecular formula is C28H35BrN6O4S. The summed E-state index contributed by atoms with van der Waals surface area (Å²) < 4.78 is 8.16. The third-order valence-corrected chi connectivity index (χ3v) is 8.59. The molecule has 1 unspecified atom stereocenters. The number of aliphatic hydroxyl groups is 1. The summed E-state index contributed by atoms with van der Waals surface area (Å²) in [5, 5.41) is 20.2. The summed E-state index contributed by atoms with van der Waals surface area (Å²) in [5.41, 5.74) is 0.523. The van der Waals surface area contributed by atoms with Gasteiger partial charge in [-0.25, -0.2) is 4.98 Å². The van der Waals surface area contributed by atoms with Crippen molar-refractivity contribution in [1.82, 2.24) is 20.1 Å². The van der Waals surface area contributed by atoms with Gasteiger partial charge in [-0.3, -0.25) is 14.3 Å². The first-order valence-corrected chi connectivity index (χ1v) is 15.2. The highest BCUT2D eigenvalue weighted by Gasteiger charge is 2.28. The van der Waals surface area contributed by atoms with E-state index in [-0.39, 0.29) is 11.8 Å². The zero-order valence-corrected chi connectivity index (χ0v) is 25.1. The van der Waals surface area contributed by atoms with Gasteiger partial charge in [-0.15, -0.1) is 11.3 Å². The number of amides is 2. The van der Waals surface area contributed by atoms with Gasteiger partial charge >= 0.3 is 0 Å². The zero-order chi connectivity index (χ0) is 28.3. The van der Waals surface area contributed by atoms with E-state index in [0.29, 0.717) is 48.5 Å². The lowest BCUT2D eigenvalue weighted by atomic mass is 9.97. The van der Waals surface area contributed by atoms with Crippen LogP contribution in [-0.2, 0) is 17.9 Å². The van der Waals surface area contributed by atoms with Crippen LogP contribution in [0.25, 0.3) is 0 Å². The van der Waals surface area contributed by atoms with Crippen molar-refractivity contribution in [3.63, 3.8) is 0 Å². The lowest BCUT2D eigenvalue weighted by molar-refractivity contribution is -0.118. The number of hydrogen-bond donors (Lipinski definition) is 3. The van der Waals surface area contributed by atoms with Gasteiger partial charge in [-0.2, -0.15) is 5.10 Å². The fourth-order valence-electron chi connectivity index (χ4n) is 5.24. The number of hydrogen-bond acceptors (Lipinski definition) is 8. The molecule has 3 N–H and O–H groups in total. The maximum absolute atomic E-state index is 13.3. The van der Waals surface area contributed by atoms with E-state index >= 15 is 0 Å². The van der Waals surface area contributed by atoms with Crippen LogP contribution in [0.4, 0.5) is 11.4 Å². The minimum atomic E-state index is -0.926. The lowest BCUT2D eigenvalue weighted by Gasteiger charge is -2.30. The van der Waals surface area contributed by atoms with E-state index in [9.17, 15) is 14.7 Å². The van der Waals surface area contributed by atoms with Crippen molar-refractivity contribution in [3.05, 3.63) is 51.0 Å². The summed E-state index contributed by atoms with van der Waals surface area (Å²) in [7, 11) is 0. The lowest BCUT2D eigenvalue weighted by Crippen LogP contribution is -2.44. The van der Waals surface area contributed by atoms with Crippen LogP contribution in [0.5, 0.6) is 5.88 Å². The number of carbonyl (C=O) groups is 2. The Hall–Kier alpha value is -2.96. The van der Waals surface area contributed by atoms with Crippen molar-refractivity contribution < 1.29 is 19.4 Å². The van der Waals surface area contributed by atoms with Gasteiger partial charge in [0.05, 0.1) is 42.0 Å². The van der Waals surface area contributed by atoms with Crippen LogP contribution in [-0.4, -0.2) is 56.5 Å². The monoisotopic (exact) mass is 630 g/mol. The Labute approximate surface area is 246 Å². The summed E-state index contributed by atoms with van der Waals surface area (Å²) >= 11 is 4.91. The number of carbonyl (C=O) groups excluding carboxylic acids is 2. The van der Waals surface area contributed by atoms with Gasteiger partial charge in [0, 0.05) is 21.7 Å². The third-order valence-electron chi connectivity index (χ3n) is 7.09. The van der Waals surface area contributed by atoms with Gasteiger partial charge in [0.25, 0.3) is 5.91 Å². The summed E-state index contributed by atoms with van der Waals surface area (Å²) in [6.45, 7) is 5.61. The molecule has 3 aromatic heterocycles. The van der Waals surface area contributed by atoms with Crippen LogP contribution in [0.1, 0.15) is 60.5 Å². The molecule has 0 bridgehead atoms. The van der Waals surface area contributed by atoms with Crippen molar-refractivity contribution in [1.29, 1.82) is 0 Å². The molecule has 214 valence electrons. The van der Waals surface area contributed by atoms with E-state index in [1.54, 1.807) is 37.1 Å². The largest absolute Gasteiger partial charge is 0.474 e. The van der Waals surface area contributed by atoms with Crippen molar-refractivity contribution in [2.24, 2.45) is 5.92 Å². The van der Waals surface area contributed by atoms with Crippen molar-refractivity contribution in [2.75, 3.05) is 23.4 Å². The first kappa shape index (κ1) is 28.6. The molecular weight excluding hydrogens is 596 g/mol. The van der Waals surface area contributed by atoms with Crippen LogP contribution < -0.4 is 20.3 Å². The molecule has 40 heavy (non-hydrogen) atoms. The molecule has 1 aliphatic heterocycles. The Bertz CT molecular complexity index is 1350. The average Bonchev–Trinajstić information content (AvgIpc) is 3.66. The summed E-state index contributed by atoms with van der Waals surface area (Å²) in [4.78, 5) is 34.8. The molecule has 0 saturated heterocycles. The van der Waals surface area contributed by atoms with Crippen LogP contribution in [0.15, 0.2) is 41.3 Å². The summed E-state index contributed by atoms with van der Waals surface area (Å²) in [6, 6.07) is 5.11. The van der Waals surface area contributed by atoms with Gasteiger partial charge in [0.1, 0.15) is 18.3 Å². The highest BCUT2D eigenvalue weighted by Crippen LogP contribution is 2.34. The molecule has 0 radical (unpaired) electrons. The molecule has 2 amide bonds. The second-order valence-electron chi connectivity index (χ2n) is 11.2. The van der Waals surface area contributed by atoms with Crippen molar-refractivity contribution in [3.8, 4) is 5.88 Å². The van der Waals surface area contributed by atoms with Gasteiger partial charge in [0.15, 0.2) is 0 Å². The number of nitrogens with one attached hydrogen (secondary N) is 2. The van der Waals surface area contributed by atoms with E-state index in [2.05, 4.69) is 41.5 Å². The average molecular weight is 632 g/mol. The van der Waals surface area contributed by atoms with E-state index in [1.807, 2.05) is 18.2 Å². The first-order valence-electron chi connectivity index (χ1n) is 13.6. The molecule has 1 saturated carbocycles. The van der Waals surface area contributed by atoms with Crippen LogP contribution >= 0.6 is 27.3 Å². The number of nitrogens with zero attached hydrogens (tertiary/aromatic N) is 4. The number of fused-ring (bicyclic) bond motifs is 1. The zero-order valence-electron chi connectivity index (χ0n) is 22.7. The van der Waals surface area contributed by atoms with Gasteiger partial charge in [0.2, 0.25) is 11.8 Å². The van der Waals surface area contributed by atoms with Crippen molar-refractivity contribution >= 4 is 50.5 Å². The SMILES string of the molecule is CC(C)(O)Cn1cc(NC(=O)C(CC2CCCC2)NC(=O)c2ccc(CN3CCOc4ncc(Br)cc43)s2)cn1. The van der Waals surface area contributed by atoms with Crippen LogP contribution in [0.2, 0.25) is 0 Å². The van der Waals surface area contributed by atoms with Crippen molar-refractivity contribution in [2.45, 2.75) is 70.7 Å². The number of thiophene rings is 1.